The first kappa shape index (κ1) is 16.3. The maximum atomic E-state index is 12.4. The Bertz CT molecular complexity index is 598. The molecular weight excluding hydrogens is 310 g/mol. The molecule has 2 rings (SSSR count). The Balaban J connectivity index is 2.08. The Hall–Kier alpha value is -1.05. The molecule has 1 atom stereocenters. The van der Waals surface area contributed by atoms with Crippen LogP contribution in [0, 0.1) is 0 Å². The lowest BCUT2D eigenvalue weighted by molar-refractivity contribution is 0.0697. The SMILES string of the molecule is CCC1CN(S(=O)(=O)Cc2ccc(C(=O)O)cc2)CCS1. The van der Waals surface area contributed by atoms with E-state index in [1.165, 1.54) is 12.1 Å². The van der Waals surface area contributed by atoms with Gasteiger partial charge in [0.05, 0.1) is 11.3 Å². The van der Waals surface area contributed by atoms with Crippen molar-refractivity contribution in [2.24, 2.45) is 0 Å². The van der Waals surface area contributed by atoms with Crippen molar-refractivity contribution >= 4 is 27.8 Å². The molecule has 0 radical (unpaired) electrons. The molecule has 0 aliphatic carbocycles. The predicted molar refractivity (Wildman–Crippen MR) is 84.1 cm³/mol. The van der Waals surface area contributed by atoms with Gasteiger partial charge in [0, 0.05) is 24.1 Å². The van der Waals surface area contributed by atoms with E-state index >= 15 is 0 Å². The second-order valence-corrected chi connectivity index (χ2v) is 8.39. The number of aromatic carboxylic acids is 1. The number of carboxylic acids is 1. The van der Waals surface area contributed by atoms with Crippen LogP contribution in [0.25, 0.3) is 0 Å². The van der Waals surface area contributed by atoms with Crippen LogP contribution in [0.15, 0.2) is 24.3 Å². The zero-order chi connectivity index (χ0) is 15.5. The normalized spacial score (nSPS) is 20.3. The van der Waals surface area contributed by atoms with Gasteiger partial charge >= 0.3 is 5.97 Å². The van der Waals surface area contributed by atoms with E-state index in [1.54, 1.807) is 16.4 Å². The fourth-order valence-electron chi connectivity index (χ4n) is 2.24. The summed E-state index contributed by atoms with van der Waals surface area (Å²) in [5, 5.41) is 9.20. The second-order valence-electron chi connectivity index (χ2n) is 5.02. The highest BCUT2D eigenvalue weighted by Gasteiger charge is 2.28. The molecule has 21 heavy (non-hydrogen) atoms. The molecule has 7 heteroatoms. The Kier molecular flexibility index (Phi) is 5.29. The first-order valence-corrected chi connectivity index (χ1v) is 9.50. The van der Waals surface area contributed by atoms with Crippen LogP contribution in [0.2, 0.25) is 0 Å². The van der Waals surface area contributed by atoms with Crippen molar-refractivity contribution in [3.05, 3.63) is 35.4 Å². The number of sulfonamides is 1. The van der Waals surface area contributed by atoms with Gasteiger partial charge in [-0.05, 0) is 24.1 Å². The van der Waals surface area contributed by atoms with Gasteiger partial charge in [-0.1, -0.05) is 19.1 Å². The summed E-state index contributed by atoms with van der Waals surface area (Å²) in [6.07, 6.45) is 0.962. The van der Waals surface area contributed by atoms with Crippen molar-refractivity contribution in [3.63, 3.8) is 0 Å². The number of nitrogens with zero attached hydrogens (tertiary/aromatic N) is 1. The van der Waals surface area contributed by atoms with Crippen LogP contribution in [0.5, 0.6) is 0 Å². The van der Waals surface area contributed by atoms with Crippen LogP contribution in [-0.2, 0) is 15.8 Å². The van der Waals surface area contributed by atoms with E-state index in [2.05, 4.69) is 6.92 Å². The summed E-state index contributed by atoms with van der Waals surface area (Å²) in [6.45, 7) is 3.19. The minimum absolute atomic E-state index is 0.0754. The highest BCUT2D eigenvalue weighted by Crippen LogP contribution is 2.24. The van der Waals surface area contributed by atoms with Crippen molar-refractivity contribution < 1.29 is 18.3 Å². The van der Waals surface area contributed by atoms with Gasteiger partial charge in [0.15, 0.2) is 0 Å². The van der Waals surface area contributed by atoms with Gasteiger partial charge in [0.2, 0.25) is 10.0 Å². The third-order valence-electron chi connectivity index (χ3n) is 3.50. The lowest BCUT2D eigenvalue weighted by Crippen LogP contribution is -2.42. The van der Waals surface area contributed by atoms with Crippen molar-refractivity contribution in [1.82, 2.24) is 4.31 Å². The van der Waals surface area contributed by atoms with Crippen molar-refractivity contribution in [2.45, 2.75) is 24.3 Å². The van der Waals surface area contributed by atoms with Crippen LogP contribution < -0.4 is 0 Å². The summed E-state index contributed by atoms with van der Waals surface area (Å²) in [7, 11) is -3.34. The lowest BCUT2D eigenvalue weighted by atomic mass is 10.1. The number of hydrogen-bond acceptors (Lipinski definition) is 4. The van der Waals surface area contributed by atoms with E-state index in [9.17, 15) is 13.2 Å². The molecule has 1 aliphatic rings. The van der Waals surface area contributed by atoms with Gasteiger partial charge in [0.25, 0.3) is 0 Å². The van der Waals surface area contributed by atoms with Gasteiger partial charge in [0.1, 0.15) is 0 Å². The van der Waals surface area contributed by atoms with Crippen LogP contribution in [0.3, 0.4) is 0 Å². The average molecular weight is 329 g/mol. The van der Waals surface area contributed by atoms with Crippen molar-refractivity contribution in [3.8, 4) is 0 Å². The largest absolute Gasteiger partial charge is 0.478 e. The molecule has 0 spiro atoms. The van der Waals surface area contributed by atoms with Crippen molar-refractivity contribution in [1.29, 1.82) is 0 Å². The molecule has 116 valence electrons. The molecule has 1 saturated heterocycles. The summed E-state index contributed by atoms with van der Waals surface area (Å²) in [6, 6.07) is 6.01. The van der Waals surface area contributed by atoms with E-state index in [-0.39, 0.29) is 11.3 Å². The first-order chi connectivity index (χ1) is 9.92. The van der Waals surface area contributed by atoms with Crippen LogP contribution in [0.1, 0.15) is 29.3 Å². The minimum Gasteiger partial charge on any atom is -0.478 e. The molecule has 0 bridgehead atoms. The third kappa shape index (κ3) is 4.21. The first-order valence-electron chi connectivity index (χ1n) is 6.84. The number of rotatable bonds is 5. The summed E-state index contributed by atoms with van der Waals surface area (Å²) < 4.78 is 26.4. The van der Waals surface area contributed by atoms with Gasteiger partial charge in [-0.2, -0.15) is 16.1 Å². The molecule has 1 aromatic carbocycles. The van der Waals surface area contributed by atoms with Crippen LogP contribution in [-0.4, -0.2) is 47.9 Å². The Morgan fingerprint density at radius 2 is 2.05 bits per heavy atom. The quantitative estimate of drug-likeness (QED) is 0.895. The van der Waals surface area contributed by atoms with E-state index < -0.39 is 16.0 Å². The second kappa shape index (κ2) is 6.81. The van der Waals surface area contributed by atoms with Gasteiger partial charge in [-0.3, -0.25) is 0 Å². The summed E-state index contributed by atoms with van der Waals surface area (Å²) in [5.74, 6) is -0.257. The van der Waals surface area contributed by atoms with Gasteiger partial charge in [-0.25, -0.2) is 13.2 Å². The number of benzene rings is 1. The minimum atomic E-state index is -3.34. The fourth-order valence-corrected chi connectivity index (χ4v) is 5.20. The summed E-state index contributed by atoms with van der Waals surface area (Å²) in [5.41, 5.74) is 0.780. The Labute approximate surface area is 129 Å². The molecule has 1 aliphatic heterocycles. The molecule has 0 saturated carbocycles. The third-order valence-corrected chi connectivity index (χ3v) is 6.69. The molecule has 0 aromatic heterocycles. The zero-order valence-electron chi connectivity index (χ0n) is 11.9. The number of hydrogen-bond donors (Lipinski definition) is 1. The standard InChI is InChI=1S/C14H19NO4S2/c1-2-13-9-15(7-8-20-13)21(18,19)10-11-3-5-12(6-4-11)14(16)17/h3-6,13H,2,7-10H2,1H3,(H,16,17). The molecule has 1 heterocycles. The molecular formula is C14H19NO4S2. The van der Waals surface area contributed by atoms with Gasteiger partial charge < -0.3 is 5.11 Å². The maximum Gasteiger partial charge on any atom is 0.335 e. The number of carboxylic acid groups (broad SMARTS) is 1. The predicted octanol–water partition coefficient (Wildman–Crippen LogP) is 2.04. The van der Waals surface area contributed by atoms with Crippen molar-refractivity contribution in [2.75, 3.05) is 18.8 Å². The Morgan fingerprint density at radius 1 is 1.38 bits per heavy atom. The van der Waals surface area contributed by atoms with E-state index in [0.29, 0.717) is 23.9 Å². The molecule has 1 N–H and O–H groups in total. The smallest absolute Gasteiger partial charge is 0.335 e. The highest BCUT2D eigenvalue weighted by atomic mass is 32.2. The van der Waals surface area contributed by atoms with Gasteiger partial charge in [-0.15, -0.1) is 0 Å². The number of carbonyl (C=O) groups is 1. The van der Waals surface area contributed by atoms with Crippen LogP contribution in [0.4, 0.5) is 0 Å². The maximum absolute atomic E-state index is 12.4. The monoisotopic (exact) mass is 329 g/mol. The zero-order valence-corrected chi connectivity index (χ0v) is 13.5. The van der Waals surface area contributed by atoms with Crippen LogP contribution >= 0.6 is 11.8 Å². The lowest BCUT2D eigenvalue weighted by Gasteiger charge is -2.31. The Morgan fingerprint density at radius 3 is 2.62 bits per heavy atom. The summed E-state index contributed by atoms with van der Waals surface area (Å²) >= 11 is 1.82. The molecule has 1 unspecified atom stereocenters. The fraction of sp³-hybridized carbons (Fsp3) is 0.500. The van der Waals surface area contributed by atoms with E-state index in [4.69, 9.17) is 5.11 Å². The highest BCUT2D eigenvalue weighted by molar-refractivity contribution is 8.00. The average Bonchev–Trinajstić information content (AvgIpc) is 2.47. The van der Waals surface area contributed by atoms with E-state index in [0.717, 1.165) is 12.2 Å². The molecule has 1 fully saturated rings. The molecule has 1 aromatic rings. The number of thioether (sulfide) groups is 1. The topological polar surface area (TPSA) is 74.7 Å². The summed E-state index contributed by atoms with van der Waals surface area (Å²) in [4.78, 5) is 10.8. The molecule has 0 amide bonds. The van der Waals surface area contributed by atoms with E-state index in [1.807, 2.05) is 11.8 Å². The molecule has 5 nitrogen and oxygen atoms in total.